The maximum atomic E-state index is 14.5. The van der Waals surface area contributed by atoms with Gasteiger partial charge >= 0.3 is 0 Å². The van der Waals surface area contributed by atoms with E-state index in [-0.39, 0.29) is 17.1 Å². The molecule has 2 unspecified atom stereocenters. The molecule has 126 valence electrons. The second-order valence-corrected chi connectivity index (χ2v) is 6.01. The number of nitrogens with two attached hydrogens (primary N) is 1. The lowest BCUT2D eigenvalue weighted by Crippen LogP contribution is -2.26. The van der Waals surface area contributed by atoms with Crippen LogP contribution in [0.4, 0.5) is 8.78 Å². The monoisotopic (exact) mass is 351 g/mol. The van der Waals surface area contributed by atoms with Crippen molar-refractivity contribution in [3.8, 4) is 5.75 Å². The van der Waals surface area contributed by atoms with Crippen molar-refractivity contribution >= 4 is 17.4 Å². The van der Waals surface area contributed by atoms with Crippen LogP contribution in [0.1, 0.15) is 23.1 Å². The number of ether oxygens (including phenoxy) is 1. The standard InChI is InChI=1S/C17H16ClF2N3O/c1-23-16(9-3-5-10(18)6-4-9)15(17(21)22-23)14-12(19)7-11(24-2)8-13(14)20/h3-8,15-16H,1-2H3,(H2,21,22). The Kier molecular flexibility index (Phi) is 4.32. The molecule has 0 aliphatic carbocycles. The smallest absolute Gasteiger partial charge is 0.133 e. The van der Waals surface area contributed by atoms with Gasteiger partial charge in [0.15, 0.2) is 0 Å². The Balaban J connectivity index is 2.10. The Hall–Kier alpha value is -2.34. The van der Waals surface area contributed by atoms with Gasteiger partial charge in [0.1, 0.15) is 23.2 Å². The van der Waals surface area contributed by atoms with Crippen molar-refractivity contribution in [2.24, 2.45) is 10.8 Å². The lowest BCUT2D eigenvalue weighted by molar-refractivity contribution is 0.270. The number of nitrogens with zero attached hydrogens (tertiary/aromatic N) is 2. The molecule has 2 N–H and O–H groups in total. The highest BCUT2D eigenvalue weighted by Crippen LogP contribution is 2.42. The average Bonchev–Trinajstić information content (AvgIpc) is 2.82. The zero-order valence-electron chi connectivity index (χ0n) is 13.1. The summed E-state index contributed by atoms with van der Waals surface area (Å²) in [5.41, 5.74) is 6.67. The van der Waals surface area contributed by atoms with Gasteiger partial charge in [-0.05, 0) is 17.7 Å². The van der Waals surface area contributed by atoms with Gasteiger partial charge in [0.2, 0.25) is 0 Å². The van der Waals surface area contributed by atoms with E-state index in [1.165, 1.54) is 7.11 Å². The first-order chi connectivity index (χ1) is 11.4. The molecule has 3 rings (SSSR count). The molecule has 7 heteroatoms. The Morgan fingerprint density at radius 2 is 1.75 bits per heavy atom. The zero-order valence-corrected chi connectivity index (χ0v) is 13.9. The predicted octanol–water partition coefficient (Wildman–Crippen LogP) is 3.67. The molecule has 0 radical (unpaired) electrons. The van der Waals surface area contributed by atoms with E-state index in [1.54, 1.807) is 36.3 Å². The van der Waals surface area contributed by atoms with Crippen LogP contribution in [0, 0.1) is 11.6 Å². The molecule has 2 aromatic rings. The fraction of sp³-hybridized carbons (Fsp3) is 0.235. The van der Waals surface area contributed by atoms with Gasteiger partial charge in [-0.15, -0.1) is 0 Å². The Labute approximate surface area is 143 Å². The number of halogens is 3. The van der Waals surface area contributed by atoms with Crippen molar-refractivity contribution in [2.75, 3.05) is 14.2 Å². The van der Waals surface area contributed by atoms with Gasteiger partial charge in [0.05, 0.1) is 19.1 Å². The fourth-order valence-corrected chi connectivity index (χ4v) is 3.16. The summed E-state index contributed by atoms with van der Waals surface area (Å²) in [5, 5.41) is 6.36. The molecule has 1 aliphatic rings. The first kappa shape index (κ1) is 16.5. The fourth-order valence-electron chi connectivity index (χ4n) is 3.03. The Morgan fingerprint density at radius 3 is 2.29 bits per heavy atom. The van der Waals surface area contributed by atoms with Crippen molar-refractivity contribution in [1.29, 1.82) is 0 Å². The molecule has 1 aliphatic heterocycles. The van der Waals surface area contributed by atoms with E-state index in [1.807, 2.05) is 0 Å². The van der Waals surface area contributed by atoms with Crippen molar-refractivity contribution in [3.05, 3.63) is 64.2 Å². The Morgan fingerprint density at radius 1 is 1.17 bits per heavy atom. The molecule has 0 fully saturated rings. The van der Waals surface area contributed by atoms with Crippen molar-refractivity contribution in [2.45, 2.75) is 12.0 Å². The van der Waals surface area contributed by atoms with E-state index in [4.69, 9.17) is 22.1 Å². The lowest BCUT2D eigenvalue weighted by atomic mass is 9.86. The normalized spacial score (nSPS) is 20.2. The van der Waals surface area contributed by atoms with Crippen LogP contribution in [0.15, 0.2) is 41.5 Å². The summed E-state index contributed by atoms with van der Waals surface area (Å²) in [4.78, 5) is 0. The third-order valence-corrected chi connectivity index (χ3v) is 4.37. The van der Waals surface area contributed by atoms with E-state index in [0.717, 1.165) is 17.7 Å². The molecule has 2 aromatic carbocycles. The van der Waals surface area contributed by atoms with Crippen LogP contribution in [0.5, 0.6) is 5.75 Å². The topological polar surface area (TPSA) is 50.9 Å². The Bertz CT molecular complexity index is 772. The van der Waals surface area contributed by atoms with Crippen LogP contribution >= 0.6 is 11.6 Å². The number of amidine groups is 1. The van der Waals surface area contributed by atoms with Crippen LogP contribution in [0.2, 0.25) is 5.02 Å². The highest BCUT2D eigenvalue weighted by molar-refractivity contribution is 6.30. The van der Waals surface area contributed by atoms with Crippen molar-refractivity contribution < 1.29 is 13.5 Å². The third kappa shape index (κ3) is 2.78. The van der Waals surface area contributed by atoms with Crippen LogP contribution in [0.25, 0.3) is 0 Å². The summed E-state index contributed by atoms with van der Waals surface area (Å²) in [6, 6.07) is 8.88. The second-order valence-electron chi connectivity index (χ2n) is 5.58. The quantitative estimate of drug-likeness (QED) is 0.918. The molecule has 2 atom stereocenters. The summed E-state index contributed by atoms with van der Waals surface area (Å²) in [6.07, 6.45) is 0. The number of methoxy groups -OCH3 is 1. The first-order valence-electron chi connectivity index (χ1n) is 7.27. The maximum Gasteiger partial charge on any atom is 0.133 e. The SMILES string of the molecule is COc1cc(F)c(C2C(N)=NN(C)C2c2ccc(Cl)cc2)c(F)c1. The first-order valence-corrected chi connectivity index (χ1v) is 7.65. The van der Waals surface area contributed by atoms with E-state index < -0.39 is 23.6 Å². The molecule has 0 bridgehead atoms. The van der Waals surface area contributed by atoms with Crippen molar-refractivity contribution in [1.82, 2.24) is 5.01 Å². The highest BCUT2D eigenvalue weighted by atomic mass is 35.5. The summed E-state index contributed by atoms with van der Waals surface area (Å²) in [6.45, 7) is 0. The highest BCUT2D eigenvalue weighted by Gasteiger charge is 2.40. The largest absolute Gasteiger partial charge is 0.497 e. The van der Waals surface area contributed by atoms with Gasteiger partial charge in [-0.3, -0.25) is 5.01 Å². The van der Waals surface area contributed by atoms with Gasteiger partial charge in [-0.25, -0.2) is 8.78 Å². The van der Waals surface area contributed by atoms with Crippen LogP contribution in [-0.4, -0.2) is 25.0 Å². The molecule has 1 heterocycles. The minimum absolute atomic E-state index is 0.110. The summed E-state index contributed by atoms with van der Waals surface area (Å²) >= 11 is 5.92. The lowest BCUT2D eigenvalue weighted by Gasteiger charge is -2.26. The van der Waals surface area contributed by atoms with Crippen molar-refractivity contribution in [3.63, 3.8) is 0 Å². The molecule has 24 heavy (non-hydrogen) atoms. The van der Waals surface area contributed by atoms with E-state index in [0.29, 0.717) is 5.02 Å². The van der Waals surface area contributed by atoms with Gasteiger partial charge in [-0.2, -0.15) is 5.10 Å². The zero-order chi connectivity index (χ0) is 17.4. The number of likely N-dealkylation sites (N-methyl/N-ethyl adjacent to an activating group) is 1. The number of benzene rings is 2. The second kappa shape index (κ2) is 6.28. The van der Waals surface area contributed by atoms with E-state index in [9.17, 15) is 8.78 Å². The van der Waals surface area contributed by atoms with Gasteiger partial charge < -0.3 is 10.5 Å². The molecular weight excluding hydrogens is 336 g/mol. The number of rotatable bonds is 3. The number of hydrogen-bond acceptors (Lipinski definition) is 4. The van der Waals surface area contributed by atoms with Gasteiger partial charge in [-0.1, -0.05) is 23.7 Å². The molecule has 0 amide bonds. The molecule has 0 aromatic heterocycles. The number of hydrogen-bond donors (Lipinski definition) is 1. The van der Waals surface area contributed by atoms with E-state index >= 15 is 0 Å². The maximum absolute atomic E-state index is 14.5. The summed E-state index contributed by atoms with van der Waals surface area (Å²) in [5.74, 6) is -1.92. The van der Waals surface area contributed by atoms with Crippen LogP contribution < -0.4 is 10.5 Å². The molecule has 4 nitrogen and oxygen atoms in total. The molecule has 0 spiro atoms. The van der Waals surface area contributed by atoms with Crippen LogP contribution in [0.3, 0.4) is 0 Å². The third-order valence-electron chi connectivity index (χ3n) is 4.12. The van der Waals surface area contributed by atoms with Crippen LogP contribution in [-0.2, 0) is 0 Å². The van der Waals surface area contributed by atoms with E-state index in [2.05, 4.69) is 5.10 Å². The number of hydrazone groups is 1. The van der Waals surface area contributed by atoms with Gasteiger partial charge in [0.25, 0.3) is 0 Å². The minimum Gasteiger partial charge on any atom is -0.497 e. The van der Waals surface area contributed by atoms with Gasteiger partial charge in [0, 0.05) is 29.8 Å². The predicted molar refractivity (Wildman–Crippen MR) is 89.2 cm³/mol. The summed E-state index contributed by atoms with van der Waals surface area (Å²) < 4.78 is 34.0. The summed E-state index contributed by atoms with van der Waals surface area (Å²) in [7, 11) is 3.06. The average molecular weight is 352 g/mol. The molecule has 0 saturated carbocycles. The minimum atomic E-state index is -0.748. The molecule has 0 saturated heterocycles. The molecular formula is C17H16ClF2N3O.